The maximum atomic E-state index is 10.8. The summed E-state index contributed by atoms with van der Waals surface area (Å²) in [6.45, 7) is 2.04. The minimum absolute atomic E-state index is 0.229. The average Bonchev–Trinajstić information content (AvgIpc) is 2.98. The van der Waals surface area contributed by atoms with Crippen LogP contribution in [0.2, 0.25) is 0 Å². The molecule has 2 aromatic carbocycles. The molecule has 0 aliphatic heterocycles. The van der Waals surface area contributed by atoms with Gasteiger partial charge in [-0.2, -0.15) is 4.98 Å². The lowest BCUT2D eigenvalue weighted by Crippen LogP contribution is -1.95. The van der Waals surface area contributed by atoms with Crippen LogP contribution in [0.15, 0.2) is 53.1 Å². The van der Waals surface area contributed by atoms with E-state index in [1.165, 1.54) is 17.7 Å². The quantitative estimate of drug-likeness (QED) is 0.798. The zero-order valence-electron chi connectivity index (χ0n) is 12.0. The van der Waals surface area contributed by atoms with E-state index in [1.807, 2.05) is 31.2 Å². The maximum absolute atomic E-state index is 10.8. The van der Waals surface area contributed by atoms with Gasteiger partial charge in [-0.25, -0.2) is 4.79 Å². The van der Waals surface area contributed by atoms with Gasteiger partial charge >= 0.3 is 5.97 Å². The van der Waals surface area contributed by atoms with Crippen molar-refractivity contribution in [1.29, 1.82) is 0 Å². The van der Waals surface area contributed by atoms with Gasteiger partial charge in [0.1, 0.15) is 0 Å². The van der Waals surface area contributed by atoms with Gasteiger partial charge in [0.15, 0.2) is 0 Å². The monoisotopic (exact) mass is 294 g/mol. The van der Waals surface area contributed by atoms with Gasteiger partial charge in [0.2, 0.25) is 11.7 Å². The van der Waals surface area contributed by atoms with E-state index in [0.29, 0.717) is 18.1 Å². The number of aromatic nitrogens is 2. The van der Waals surface area contributed by atoms with Crippen molar-refractivity contribution in [3.05, 3.63) is 71.1 Å². The molecule has 1 heterocycles. The first-order valence-corrected chi connectivity index (χ1v) is 6.84. The highest BCUT2D eigenvalue weighted by Gasteiger charge is 2.10. The van der Waals surface area contributed by atoms with Crippen LogP contribution in [0.4, 0.5) is 0 Å². The summed E-state index contributed by atoms with van der Waals surface area (Å²) < 4.78 is 5.25. The molecule has 0 saturated carbocycles. The van der Waals surface area contributed by atoms with Gasteiger partial charge in [-0.05, 0) is 24.6 Å². The highest BCUT2D eigenvalue weighted by molar-refractivity contribution is 5.88. The first kappa shape index (κ1) is 14.0. The van der Waals surface area contributed by atoms with Crippen molar-refractivity contribution in [3.8, 4) is 11.4 Å². The lowest BCUT2D eigenvalue weighted by molar-refractivity contribution is 0.0697. The summed E-state index contributed by atoms with van der Waals surface area (Å²) in [5.74, 6) is 0.0277. The van der Waals surface area contributed by atoms with Gasteiger partial charge in [0, 0.05) is 5.56 Å². The fraction of sp³-hybridized carbons (Fsp3) is 0.118. The third-order valence-electron chi connectivity index (χ3n) is 3.33. The van der Waals surface area contributed by atoms with Crippen LogP contribution in [0.5, 0.6) is 0 Å². The van der Waals surface area contributed by atoms with Crippen LogP contribution in [-0.2, 0) is 6.42 Å². The average molecular weight is 294 g/mol. The van der Waals surface area contributed by atoms with Gasteiger partial charge in [0.25, 0.3) is 0 Å². The lowest BCUT2D eigenvalue weighted by atomic mass is 10.1. The van der Waals surface area contributed by atoms with Crippen molar-refractivity contribution in [2.24, 2.45) is 0 Å². The molecular weight excluding hydrogens is 280 g/mol. The highest BCUT2D eigenvalue weighted by Crippen LogP contribution is 2.18. The maximum Gasteiger partial charge on any atom is 0.335 e. The summed E-state index contributed by atoms with van der Waals surface area (Å²) in [6.07, 6.45) is 0.570. The number of nitrogens with zero attached hydrogens (tertiary/aromatic N) is 2. The summed E-state index contributed by atoms with van der Waals surface area (Å²) in [5.41, 5.74) is 3.26. The Balaban J connectivity index is 1.78. The Hall–Kier alpha value is -2.95. The number of aryl methyl sites for hydroxylation is 1. The molecule has 0 spiro atoms. The molecule has 0 amide bonds. The molecule has 0 fully saturated rings. The molecular formula is C17H14N2O3. The van der Waals surface area contributed by atoms with E-state index in [2.05, 4.69) is 10.1 Å². The van der Waals surface area contributed by atoms with E-state index in [0.717, 1.165) is 11.1 Å². The van der Waals surface area contributed by atoms with E-state index < -0.39 is 5.97 Å². The molecule has 1 N–H and O–H groups in total. The van der Waals surface area contributed by atoms with E-state index in [1.54, 1.807) is 12.1 Å². The summed E-state index contributed by atoms with van der Waals surface area (Å²) in [7, 11) is 0. The second-order valence-electron chi connectivity index (χ2n) is 5.06. The van der Waals surface area contributed by atoms with Crippen LogP contribution in [0.1, 0.15) is 27.4 Å². The molecule has 5 nitrogen and oxygen atoms in total. The van der Waals surface area contributed by atoms with Crippen LogP contribution >= 0.6 is 0 Å². The number of rotatable bonds is 4. The van der Waals surface area contributed by atoms with Gasteiger partial charge in [-0.15, -0.1) is 0 Å². The molecule has 5 heteroatoms. The Morgan fingerprint density at radius 2 is 1.77 bits per heavy atom. The van der Waals surface area contributed by atoms with E-state index in [9.17, 15) is 4.79 Å². The zero-order valence-corrected chi connectivity index (χ0v) is 12.0. The normalized spacial score (nSPS) is 10.6. The molecule has 0 saturated heterocycles. The highest BCUT2D eigenvalue weighted by atomic mass is 16.5. The molecule has 0 aliphatic carbocycles. The molecule has 3 rings (SSSR count). The largest absolute Gasteiger partial charge is 0.478 e. The first-order valence-electron chi connectivity index (χ1n) is 6.84. The number of carboxylic acid groups (broad SMARTS) is 1. The second kappa shape index (κ2) is 5.81. The number of carboxylic acids is 1. The molecule has 110 valence electrons. The smallest absolute Gasteiger partial charge is 0.335 e. The fourth-order valence-corrected chi connectivity index (χ4v) is 2.09. The predicted molar refractivity (Wildman–Crippen MR) is 80.7 cm³/mol. The van der Waals surface area contributed by atoms with Crippen LogP contribution in [0, 0.1) is 6.92 Å². The van der Waals surface area contributed by atoms with Crippen LogP contribution < -0.4 is 0 Å². The third kappa shape index (κ3) is 3.03. The number of hydrogen-bond acceptors (Lipinski definition) is 4. The predicted octanol–water partition coefficient (Wildman–Crippen LogP) is 3.33. The molecule has 22 heavy (non-hydrogen) atoms. The van der Waals surface area contributed by atoms with Gasteiger partial charge < -0.3 is 9.63 Å². The topological polar surface area (TPSA) is 76.2 Å². The first-order chi connectivity index (χ1) is 10.6. The van der Waals surface area contributed by atoms with Crippen molar-refractivity contribution in [3.63, 3.8) is 0 Å². The Morgan fingerprint density at radius 3 is 2.41 bits per heavy atom. The van der Waals surface area contributed by atoms with Crippen molar-refractivity contribution < 1.29 is 14.4 Å². The Kier molecular flexibility index (Phi) is 3.70. The van der Waals surface area contributed by atoms with Gasteiger partial charge in [-0.3, -0.25) is 0 Å². The van der Waals surface area contributed by atoms with Gasteiger partial charge in [-0.1, -0.05) is 47.1 Å². The van der Waals surface area contributed by atoms with E-state index in [-0.39, 0.29) is 5.56 Å². The van der Waals surface area contributed by atoms with Crippen molar-refractivity contribution in [2.45, 2.75) is 13.3 Å². The molecule has 0 aliphatic rings. The Morgan fingerprint density at radius 1 is 1.09 bits per heavy atom. The second-order valence-corrected chi connectivity index (χ2v) is 5.06. The SMILES string of the molecule is Cc1ccc(Cc2nc(-c3ccc(C(=O)O)cc3)no2)cc1. The number of aromatic carboxylic acids is 1. The Labute approximate surface area is 127 Å². The van der Waals surface area contributed by atoms with Crippen LogP contribution in [0.3, 0.4) is 0 Å². The summed E-state index contributed by atoms with van der Waals surface area (Å²) in [4.78, 5) is 15.2. The zero-order chi connectivity index (χ0) is 15.5. The lowest BCUT2D eigenvalue weighted by Gasteiger charge is -1.97. The molecule has 0 bridgehead atoms. The molecule has 0 radical (unpaired) electrons. The van der Waals surface area contributed by atoms with Gasteiger partial charge in [0.05, 0.1) is 12.0 Å². The van der Waals surface area contributed by atoms with E-state index >= 15 is 0 Å². The molecule has 0 atom stereocenters. The van der Waals surface area contributed by atoms with Crippen molar-refractivity contribution >= 4 is 5.97 Å². The number of benzene rings is 2. The third-order valence-corrected chi connectivity index (χ3v) is 3.33. The summed E-state index contributed by atoms with van der Waals surface area (Å²) in [6, 6.07) is 14.5. The molecule has 3 aromatic rings. The van der Waals surface area contributed by atoms with Crippen molar-refractivity contribution in [2.75, 3.05) is 0 Å². The van der Waals surface area contributed by atoms with Crippen LogP contribution in [0.25, 0.3) is 11.4 Å². The minimum Gasteiger partial charge on any atom is -0.478 e. The number of hydrogen-bond donors (Lipinski definition) is 1. The fourth-order valence-electron chi connectivity index (χ4n) is 2.09. The minimum atomic E-state index is -0.959. The van der Waals surface area contributed by atoms with Crippen LogP contribution in [-0.4, -0.2) is 21.2 Å². The number of carbonyl (C=O) groups is 1. The summed E-state index contributed by atoms with van der Waals surface area (Å²) in [5, 5.41) is 12.8. The molecule has 1 aromatic heterocycles. The summed E-state index contributed by atoms with van der Waals surface area (Å²) >= 11 is 0. The standard InChI is InChI=1S/C17H14N2O3/c1-11-2-4-12(5-3-11)10-15-18-16(19-22-15)13-6-8-14(9-7-13)17(20)21/h2-9H,10H2,1H3,(H,20,21). The molecule has 0 unspecified atom stereocenters. The Bertz CT molecular complexity index is 790. The van der Waals surface area contributed by atoms with Crippen molar-refractivity contribution in [1.82, 2.24) is 10.1 Å². The van der Waals surface area contributed by atoms with E-state index in [4.69, 9.17) is 9.63 Å².